The Morgan fingerprint density at radius 3 is 2.07 bits per heavy atom. The minimum absolute atomic E-state index is 0.0617. The van der Waals surface area contributed by atoms with Crippen molar-refractivity contribution in [1.82, 2.24) is 37.2 Å². The maximum atomic E-state index is 13.1. The number of amides is 3. The third-order valence-corrected chi connectivity index (χ3v) is 9.76. The zero-order valence-corrected chi connectivity index (χ0v) is 35.6. The Bertz CT molecular complexity index is 1250. The molecule has 0 saturated heterocycles. The summed E-state index contributed by atoms with van der Waals surface area (Å²) in [6.45, 7) is 15.2. The number of ether oxygens (including phenoxy) is 5. The molecule has 57 heavy (non-hydrogen) atoms. The zero-order chi connectivity index (χ0) is 42.0. The van der Waals surface area contributed by atoms with Crippen molar-refractivity contribution in [3.05, 3.63) is 11.4 Å². The molecular formula is C40H73N7O10. The molecule has 0 spiro atoms. The first-order chi connectivity index (χ1) is 27.3. The minimum atomic E-state index is -0.774. The second-order valence-corrected chi connectivity index (χ2v) is 15.3. The van der Waals surface area contributed by atoms with Gasteiger partial charge in [-0.1, -0.05) is 40.5 Å². The van der Waals surface area contributed by atoms with Gasteiger partial charge in [0.15, 0.2) is 5.78 Å². The lowest BCUT2D eigenvalue weighted by Crippen LogP contribution is -2.56. The van der Waals surface area contributed by atoms with Crippen molar-refractivity contribution in [2.24, 2.45) is 11.8 Å². The number of carbonyl (C=O) groups excluding carboxylic acids is 5. The van der Waals surface area contributed by atoms with Gasteiger partial charge < -0.3 is 50.4 Å². The Labute approximate surface area is 340 Å². The van der Waals surface area contributed by atoms with E-state index in [0.29, 0.717) is 91.6 Å². The molecule has 0 aromatic carbocycles. The molecule has 1 aliphatic heterocycles. The van der Waals surface area contributed by atoms with Crippen molar-refractivity contribution >= 4 is 29.3 Å². The molecule has 1 aliphatic carbocycles. The number of nitrogens with zero attached hydrogens (tertiary/aromatic N) is 1. The second kappa shape index (κ2) is 29.1. The molecule has 0 bridgehead atoms. The predicted molar refractivity (Wildman–Crippen MR) is 215 cm³/mol. The average Bonchev–Trinajstić information content (AvgIpc) is 3.55. The van der Waals surface area contributed by atoms with Crippen LogP contribution < -0.4 is 32.2 Å². The van der Waals surface area contributed by atoms with E-state index < -0.39 is 18.1 Å². The summed E-state index contributed by atoms with van der Waals surface area (Å²) in [4.78, 5) is 62.0. The molecule has 6 N–H and O–H groups in total. The van der Waals surface area contributed by atoms with Gasteiger partial charge in [0, 0.05) is 18.9 Å². The van der Waals surface area contributed by atoms with Gasteiger partial charge in [0.2, 0.25) is 17.7 Å². The Morgan fingerprint density at radius 2 is 1.46 bits per heavy atom. The van der Waals surface area contributed by atoms with Crippen molar-refractivity contribution in [1.29, 1.82) is 0 Å². The van der Waals surface area contributed by atoms with Gasteiger partial charge in [0.1, 0.15) is 24.5 Å². The van der Waals surface area contributed by atoms with E-state index >= 15 is 0 Å². The quantitative estimate of drug-likeness (QED) is 0.0552. The SMILES string of the molecule is CN[C@H](CCCCNC(=O)COC1CCCCCC2=C1NNN2CCOCCOCCOCCOCCC(C)=O)C(=O)N[C@H](C(=O)N[C@@H](C)C(=O)C(C)C)C(C)C. The number of nitrogens with one attached hydrogen (secondary N) is 6. The number of hydrogen-bond donors (Lipinski definition) is 6. The number of hydrazine groups is 2. The number of rotatable bonds is 31. The van der Waals surface area contributed by atoms with E-state index in [0.717, 1.165) is 43.5 Å². The van der Waals surface area contributed by atoms with Crippen molar-refractivity contribution in [2.45, 2.75) is 124 Å². The highest BCUT2D eigenvalue weighted by Gasteiger charge is 2.31. The van der Waals surface area contributed by atoms with Gasteiger partial charge in [-0.05, 0) is 65.3 Å². The standard InChI is InChI=1S/C40H73N7O10/c1-28(2)36(40(52)43-31(6)38(50)29(3)4)44-39(51)32(41-7)13-11-12-17-42-35(49)27-57-34-15-10-8-9-14-33-37(34)45-46-47(33)18-20-54-22-24-56-26-25-55-23-21-53-19-16-30(5)48/h28-29,31-32,34,36,41,45-46H,8-27H2,1-7H3,(H,42,49)(H,43,52)(H,44,51)/t31-,32+,34?,36-/m0/s1. The summed E-state index contributed by atoms with van der Waals surface area (Å²) in [5.74, 6) is -1.20. The molecule has 2 rings (SSSR count). The summed E-state index contributed by atoms with van der Waals surface area (Å²) >= 11 is 0. The number of hydrogen-bond acceptors (Lipinski definition) is 14. The molecular weight excluding hydrogens is 738 g/mol. The zero-order valence-electron chi connectivity index (χ0n) is 35.6. The summed E-state index contributed by atoms with van der Waals surface area (Å²) in [7, 11) is 1.70. The van der Waals surface area contributed by atoms with Gasteiger partial charge in [-0.15, -0.1) is 5.53 Å². The van der Waals surface area contributed by atoms with Crippen molar-refractivity contribution in [2.75, 3.05) is 79.6 Å². The first-order valence-electron chi connectivity index (χ1n) is 20.9. The van der Waals surface area contributed by atoms with Crippen molar-refractivity contribution in [3.8, 4) is 0 Å². The van der Waals surface area contributed by atoms with Crippen LogP contribution in [0.2, 0.25) is 0 Å². The topological polar surface area (TPSA) is 207 Å². The summed E-state index contributed by atoms with van der Waals surface area (Å²) in [6, 6.07) is -1.93. The largest absolute Gasteiger partial charge is 0.379 e. The molecule has 328 valence electrons. The molecule has 0 fully saturated rings. The molecule has 3 amide bonds. The van der Waals surface area contributed by atoms with E-state index in [-0.39, 0.29) is 53.8 Å². The van der Waals surface area contributed by atoms with Gasteiger partial charge in [-0.2, -0.15) is 0 Å². The van der Waals surface area contributed by atoms with Gasteiger partial charge in [0.25, 0.3) is 0 Å². The summed E-state index contributed by atoms with van der Waals surface area (Å²) in [6.07, 6.45) is 6.90. The highest BCUT2D eigenvalue weighted by molar-refractivity contribution is 5.94. The van der Waals surface area contributed by atoms with E-state index in [9.17, 15) is 24.0 Å². The number of unbranched alkanes of at least 4 members (excludes halogenated alkanes) is 1. The van der Waals surface area contributed by atoms with Crippen molar-refractivity contribution in [3.63, 3.8) is 0 Å². The Balaban J connectivity index is 1.66. The Morgan fingerprint density at radius 1 is 0.807 bits per heavy atom. The van der Waals surface area contributed by atoms with Crippen LogP contribution in [0.1, 0.15) is 99.3 Å². The first kappa shape index (κ1) is 50.0. The maximum Gasteiger partial charge on any atom is 0.246 e. The lowest BCUT2D eigenvalue weighted by molar-refractivity contribution is -0.133. The third-order valence-electron chi connectivity index (χ3n) is 9.76. The molecule has 0 aromatic heterocycles. The molecule has 1 unspecified atom stereocenters. The van der Waals surface area contributed by atoms with Gasteiger partial charge >= 0.3 is 0 Å². The van der Waals surface area contributed by atoms with E-state index in [4.69, 9.17) is 23.7 Å². The van der Waals surface area contributed by atoms with Crippen LogP contribution in [0.15, 0.2) is 11.4 Å². The molecule has 4 atom stereocenters. The van der Waals surface area contributed by atoms with Crippen LogP contribution in [0, 0.1) is 11.8 Å². The molecule has 17 nitrogen and oxygen atoms in total. The summed E-state index contributed by atoms with van der Waals surface area (Å²) < 4.78 is 28.3. The van der Waals surface area contributed by atoms with Gasteiger partial charge in [-0.25, -0.2) is 0 Å². The molecule has 0 radical (unpaired) electrons. The molecule has 17 heteroatoms. The minimum Gasteiger partial charge on any atom is -0.379 e. The molecule has 2 aliphatic rings. The summed E-state index contributed by atoms with van der Waals surface area (Å²) in [5.41, 5.74) is 8.61. The number of carbonyl (C=O) groups is 5. The number of ketones is 2. The predicted octanol–water partition coefficient (Wildman–Crippen LogP) is 1.66. The van der Waals surface area contributed by atoms with E-state index in [1.165, 1.54) is 0 Å². The number of Topliss-reactive ketones (excluding diaryl/α,β-unsaturated/α-hetero) is 2. The van der Waals surface area contributed by atoms with E-state index in [1.54, 1.807) is 34.7 Å². The molecule has 0 saturated carbocycles. The van der Waals surface area contributed by atoms with Crippen LogP contribution >= 0.6 is 0 Å². The highest BCUT2D eigenvalue weighted by Crippen LogP contribution is 2.28. The number of likely N-dealkylation sites (N-methyl/N-ethyl adjacent to an activating group) is 1. The Hall–Kier alpha value is -3.19. The first-order valence-corrected chi connectivity index (χ1v) is 20.9. The lowest BCUT2D eigenvalue weighted by Gasteiger charge is -2.26. The fourth-order valence-corrected chi connectivity index (χ4v) is 6.38. The van der Waals surface area contributed by atoms with E-state index in [2.05, 4.69) is 37.2 Å². The maximum absolute atomic E-state index is 13.1. The highest BCUT2D eigenvalue weighted by atomic mass is 16.6. The van der Waals surface area contributed by atoms with Crippen molar-refractivity contribution < 1.29 is 47.7 Å². The molecule has 0 aromatic rings. The lowest BCUT2D eigenvalue weighted by atomic mass is 9.99. The Kier molecular flexibility index (Phi) is 25.5. The van der Waals surface area contributed by atoms with Gasteiger partial charge in [-0.3, -0.25) is 29.0 Å². The smallest absolute Gasteiger partial charge is 0.246 e. The van der Waals surface area contributed by atoms with Crippen LogP contribution in [0.4, 0.5) is 0 Å². The van der Waals surface area contributed by atoms with Gasteiger partial charge in [0.05, 0.1) is 82.9 Å². The van der Waals surface area contributed by atoms with Crippen LogP contribution in [0.25, 0.3) is 0 Å². The number of allylic oxidation sites excluding steroid dienone is 1. The summed E-state index contributed by atoms with van der Waals surface area (Å²) in [5, 5.41) is 13.6. The van der Waals surface area contributed by atoms with E-state index in [1.807, 2.05) is 13.8 Å². The molecule has 1 heterocycles. The average molecular weight is 812 g/mol. The van der Waals surface area contributed by atoms with Crippen LogP contribution in [-0.2, 0) is 47.7 Å². The van der Waals surface area contributed by atoms with Crippen LogP contribution in [0.3, 0.4) is 0 Å². The fraction of sp³-hybridized carbons (Fsp3) is 0.825. The third kappa shape index (κ3) is 20.4. The second-order valence-electron chi connectivity index (χ2n) is 15.3. The fourth-order valence-electron chi connectivity index (χ4n) is 6.38. The van der Waals surface area contributed by atoms with Crippen LogP contribution in [0.5, 0.6) is 0 Å². The van der Waals surface area contributed by atoms with Crippen LogP contribution in [-0.4, -0.2) is 138 Å². The normalized spacial score (nSPS) is 17.4. The monoisotopic (exact) mass is 812 g/mol.